The largest absolute Gasteiger partial charge is 0.496 e. The van der Waals surface area contributed by atoms with Crippen LogP contribution in [0.1, 0.15) is 44.5 Å². The van der Waals surface area contributed by atoms with Gasteiger partial charge in [-0.15, -0.1) is 0 Å². The van der Waals surface area contributed by atoms with Crippen molar-refractivity contribution >= 4 is 0 Å². The van der Waals surface area contributed by atoms with Gasteiger partial charge in [0, 0.05) is 11.1 Å². The maximum Gasteiger partial charge on any atom is 0.138 e. The van der Waals surface area contributed by atoms with Gasteiger partial charge in [0.25, 0.3) is 0 Å². The van der Waals surface area contributed by atoms with E-state index in [1.54, 1.807) is 28.4 Å². The molecule has 0 aliphatic carbocycles. The summed E-state index contributed by atoms with van der Waals surface area (Å²) < 4.78 is 22.6. The molecule has 4 nitrogen and oxygen atoms in total. The summed E-state index contributed by atoms with van der Waals surface area (Å²) in [5.41, 5.74) is 7.73. The van der Waals surface area contributed by atoms with Gasteiger partial charge in [-0.2, -0.15) is 0 Å². The van der Waals surface area contributed by atoms with Crippen molar-refractivity contribution in [2.75, 3.05) is 28.4 Å². The molecule has 0 spiro atoms. The van der Waals surface area contributed by atoms with Crippen molar-refractivity contribution < 1.29 is 18.9 Å². The van der Waals surface area contributed by atoms with Crippen molar-refractivity contribution in [3.05, 3.63) is 44.5 Å². The van der Waals surface area contributed by atoms with Gasteiger partial charge >= 0.3 is 0 Å². The summed E-state index contributed by atoms with van der Waals surface area (Å²) in [4.78, 5) is 0. The fraction of sp³-hybridized carbons (Fsp3) is 0.417. The third kappa shape index (κ3) is 3.38. The molecule has 2 aromatic rings. The summed E-state index contributed by atoms with van der Waals surface area (Å²) in [5.74, 6) is 9.85. The summed E-state index contributed by atoms with van der Waals surface area (Å²) >= 11 is 0. The number of rotatable bonds is 4. The Kier molecular flexibility index (Phi) is 6.51. The Hall–Kier alpha value is -2.80. The molecule has 0 atom stereocenters. The topological polar surface area (TPSA) is 36.9 Å². The first-order valence-electron chi connectivity index (χ1n) is 9.20. The van der Waals surface area contributed by atoms with Crippen LogP contribution in [0.4, 0.5) is 0 Å². The highest BCUT2D eigenvalue weighted by Crippen LogP contribution is 2.39. The van der Waals surface area contributed by atoms with E-state index in [4.69, 9.17) is 18.9 Å². The average molecular weight is 383 g/mol. The van der Waals surface area contributed by atoms with Crippen molar-refractivity contribution in [1.82, 2.24) is 0 Å². The van der Waals surface area contributed by atoms with E-state index in [-0.39, 0.29) is 0 Å². The van der Waals surface area contributed by atoms with Crippen molar-refractivity contribution in [2.45, 2.75) is 41.5 Å². The van der Waals surface area contributed by atoms with E-state index in [0.29, 0.717) is 0 Å². The SMILES string of the molecule is COc1c(C)c(C)c(OC)c(C#Cc2c(C)c(OC)c(C)c(C)c2OC)c1C. The number of hydrogen-bond acceptors (Lipinski definition) is 4. The number of methoxy groups -OCH3 is 4. The fourth-order valence-corrected chi connectivity index (χ4v) is 3.74. The highest BCUT2D eigenvalue weighted by atomic mass is 16.5. The third-order valence-corrected chi connectivity index (χ3v) is 5.50. The lowest BCUT2D eigenvalue weighted by Gasteiger charge is -2.18. The second kappa shape index (κ2) is 8.48. The predicted molar refractivity (Wildman–Crippen MR) is 113 cm³/mol. The zero-order valence-electron chi connectivity index (χ0n) is 18.6. The van der Waals surface area contributed by atoms with Gasteiger partial charge < -0.3 is 18.9 Å². The molecule has 2 aromatic carbocycles. The van der Waals surface area contributed by atoms with Crippen LogP contribution < -0.4 is 18.9 Å². The van der Waals surface area contributed by atoms with E-state index in [1.807, 2.05) is 41.5 Å². The van der Waals surface area contributed by atoms with Crippen LogP contribution in [0.5, 0.6) is 23.0 Å². The van der Waals surface area contributed by atoms with Crippen molar-refractivity contribution in [2.24, 2.45) is 0 Å². The first-order chi connectivity index (χ1) is 13.2. The molecule has 0 aliphatic rings. The van der Waals surface area contributed by atoms with E-state index in [9.17, 15) is 0 Å². The van der Waals surface area contributed by atoms with Gasteiger partial charge in [0.1, 0.15) is 23.0 Å². The summed E-state index contributed by atoms with van der Waals surface area (Å²) in [5, 5.41) is 0. The van der Waals surface area contributed by atoms with Crippen LogP contribution in [0.15, 0.2) is 0 Å². The Balaban J connectivity index is 2.84. The lowest BCUT2D eigenvalue weighted by Crippen LogP contribution is -2.03. The van der Waals surface area contributed by atoms with Crippen LogP contribution in [0, 0.1) is 53.4 Å². The summed E-state index contributed by atoms with van der Waals surface area (Å²) in [6.45, 7) is 12.1. The standard InChI is InChI=1S/C24H30O4/c1-13-15(3)23(27-9)19(17(5)21(13)25-7)11-12-20-18(6)22(26-8)14(2)16(4)24(20)28-10/h1-10H3. The third-order valence-electron chi connectivity index (χ3n) is 5.50. The molecule has 4 heteroatoms. The van der Waals surface area contributed by atoms with Crippen LogP contribution in [0.2, 0.25) is 0 Å². The van der Waals surface area contributed by atoms with Crippen LogP contribution in [-0.2, 0) is 0 Å². The minimum absolute atomic E-state index is 0.774. The van der Waals surface area contributed by atoms with Crippen molar-refractivity contribution in [3.8, 4) is 34.8 Å². The number of ether oxygens (including phenoxy) is 4. The molecule has 0 radical (unpaired) electrons. The van der Waals surface area contributed by atoms with Crippen molar-refractivity contribution in [3.63, 3.8) is 0 Å². The molecular formula is C24H30O4. The molecule has 0 aliphatic heterocycles. The Labute approximate surface area is 168 Å². The van der Waals surface area contributed by atoms with Crippen molar-refractivity contribution in [1.29, 1.82) is 0 Å². The minimum atomic E-state index is 0.774. The highest BCUT2D eigenvalue weighted by molar-refractivity contribution is 5.68. The summed E-state index contributed by atoms with van der Waals surface area (Å²) in [7, 11) is 6.70. The first-order valence-corrected chi connectivity index (χ1v) is 9.20. The Bertz CT molecular complexity index is 898. The van der Waals surface area contributed by atoms with Gasteiger partial charge in [0.15, 0.2) is 0 Å². The molecule has 0 saturated carbocycles. The molecular weight excluding hydrogens is 352 g/mol. The molecule has 0 heterocycles. The maximum absolute atomic E-state index is 5.69. The second-order valence-corrected chi connectivity index (χ2v) is 6.88. The lowest BCUT2D eigenvalue weighted by atomic mass is 9.95. The molecule has 2 rings (SSSR count). The number of hydrogen-bond donors (Lipinski definition) is 0. The van der Waals surface area contributed by atoms with E-state index in [2.05, 4.69) is 11.8 Å². The smallest absolute Gasteiger partial charge is 0.138 e. The van der Waals surface area contributed by atoms with Crippen LogP contribution >= 0.6 is 0 Å². The molecule has 0 fully saturated rings. The Morgan fingerprint density at radius 2 is 0.643 bits per heavy atom. The Morgan fingerprint density at radius 1 is 0.393 bits per heavy atom. The normalized spacial score (nSPS) is 10.2. The molecule has 28 heavy (non-hydrogen) atoms. The summed E-state index contributed by atoms with van der Waals surface area (Å²) in [6.07, 6.45) is 0. The average Bonchev–Trinajstić information content (AvgIpc) is 2.68. The quantitative estimate of drug-likeness (QED) is 0.700. The summed E-state index contributed by atoms with van der Waals surface area (Å²) in [6, 6.07) is 0. The number of benzene rings is 2. The fourth-order valence-electron chi connectivity index (χ4n) is 3.74. The zero-order chi connectivity index (χ0) is 21.2. The van der Waals surface area contributed by atoms with E-state index >= 15 is 0 Å². The molecule has 0 unspecified atom stereocenters. The van der Waals surface area contributed by atoms with E-state index in [1.165, 1.54) is 0 Å². The van der Waals surface area contributed by atoms with E-state index < -0.39 is 0 Å². The molecule has 0 bridgehead atoms. The van der Waals surface area contributed by atoms with Gasteiger partial charge in [0.2, 0.25) is 0 Å². The predicted octanol–water partition coefficient (Wildman–Crippen LogP) is 4.97. The molecule has 150 valence electrons. The zero-order valence-corrected chi connectivity index (χ0v) is 18.6. The molecule has 0 aromatic heterocycles. The maximum atomic E-state index is 5.69. The molecule has 0 saturated heterocycles. The van der Waals surface area contributed by atoms with Gasteiger partial charge in [-0.05, 0) is 63.8 Å². The first kappa shape index (κ1) is 21.5. The Morgan fingerprint density at radius 3 is 0.893 bits per heavy atom. The monoisotopic (exact) mass is 382 g/mol. The van der Waals surface area contributed by atoms with Crippen LogP contribution in [0.3, 0.4) is 0 Å². The van der Waals surface area contributed by atoms with Gasteiger partial charge in [-0.3, -0.25) is 0 Å². The van der Waals surface area contributed by atoms with E-state index in [0.717, 1.165) is 67.5 Å². The second-order valence-electron chi connectivity index (χ2n) is 6.88. The lowest BCUT2D eigenvalue weighted by molar-refractivity contribution is 0.394. The minimum Gasteiger partial charge on any atom is -0.496 e. The van der Waals surface area contributed by atoms with Gasteiger partial charge in [-0.25, -0.2) is 0 Å². The molecule has 0 amide bonds. The van der Waals surface area contributed by atoms with Gasteiger partial charge in [0.05, 0.1) is 39.6 Å². The van der Waals surface area contributed by atoms with Crippen LogP contribution in [0.25, 0.3) is 0 Å². The van der Waals surface area contributed by atoms with Gasteiger partial charge in [-0.1, -0.05) is 11.8 Å². The van der Waals surface area contributed by atoms with Crippen LogP contribution in [-0.4, -0.2) is 28.4 Å². The highest BCUT2D eigenvalue weighted by Gasteiger charge is 2.19. The molecule has 0 N–H and O–H groups in total.